The average molecular weight is 1450 g/mol. The summed E-state index contributed by atoms with van der Waals surface area (Å²) in [5, 5.41) is 17.3. The third-order valence-corrected chi connectivity index (χ3v) is 18.1. The standard InChI is InChI=1S/C34H54ClO6P.C28H50O3.C6H4Cl3O2P.C6H15N.C2H3N/c1-2-3-4-5-6-7-8-9-10-11-12-13-14-15-16-22-27-38-29-32(39-28-31-23-18-17-19-24-31)30-40-42(36,37)41-34-26-21-20-25-33(34)35;1-2-3-4-5-6-7-8-9-10-11-12-13-14-15-16-20-23-30-26-28(24-29)31-25-27-21-18-17-19-22-27;7-5-3-1-2-4-6(5)11-12(8,9)10;1-4-7(5-2)6-3;1-2-3/h17-21,23-26,32H,2-16,22,27-30H2,1H3,(H,36,37);17-19,21-22,28-29H,2-16,20,23-26H2,1H3;1-4H;4-6H2,1-3H3;1H3/t32-;28-;;;/m10.../s1. The van der Waals surface area contributed by atoms with E-state index in [4.69, 9.17) is 78.9 Å². The summed E-state index contributed by atoms with van der Waals surface area (Å²) in [6, 6.07) is 34.4. The molecule has 4 aromatic carbocycles. The van der Waals surface area contributed by atoms with Gasteiger partial charge in [0.15, 0.2) is 0 Å². The van der Waals surface area contributed by atoms with Crippen LogP contribution >= 0.6 is 59.6 Å². The smallest absolute Gasteiger partial charge is 0.428 e. The monoisotopic (exact) mass is 1440 g/mol. The van der Waals surface area contributed by atoms with Crippen LogP contribution in [0.15, 0.2) is 109 Å². The van der Waals surface area contributed by atoms with Gasteiger partial charge >= 0.3 is 13.9 Å². The number of para-hydroxylation sites is 2. The highest BCUT2D eigenvalue weighted by Crippen LogP contribution is 2.58. The molecule has 1 unspecified atom stereocenters. The number of nitrogens with one attached hydrogen (secondary N) is 1. The zero-order valence-electron chi connectivity index (χ0n) is 59.3. The number of aliphatic hydroxyl groups excluding tert-OH is 1. The number of unbranched alkanes of at least 4 members (excludes halogenated alkanes) is 30. The van der Waals surface area contributed by atoms with Crippen LogP contribution in [0.5, 0.6) is 11.5 Å². The molecule has 0 saturated heterocycles. The quantitative estimate of drug-likeness (QED) is 0.0317. The van der Waals surface area contributed by atoms with Crippen LogP contribution in [0.25, 0.3) is 0 Å². The SMILES string of the molecule is CC#N.CCCCCCCCCCCCCCCCCCOC[C@H](CO)OCc1ccccc1.CCCCCCCCCCCCCCCCCCOC[C@H](COP(=O)([O-])Oc1ccccc1Cl)OCc1ccccc1.CC[NH+](CC)CC.O=P(Cl)(Cl)Oc1ccccc1Cl. The van der Waals surface area contributed by atoms with E-state index in [1.165, 1.54) is 225 Å². The molecule has 544 valence electrons. The number of phosphoric acid groups is 1. The van der Waals surface area contributed by atoms with Gasteiger partial charge in [-0.05, 0) is 69.0 Å². The van der Waals surface area contributed by atoms with Crippen molar-refractivity contribution >= 4 is 59.6 Å². The minimum absolute atomic E-state index is 0.00575. The van der Waals surface area contributed by atoms with E-state index < -0.39 is 20.0 Å². The zero-order valence-corrected chi connectivity index (χ0v) is 64.1. The highest BCUT2D eigenvalue weighted by Gasteiger charge is 2.20. The molecule has 0 bridgehead atoms. The van der Waals surface area contributed by atoms with Gasteiger partial charge in [0.25, 0.3) is 0 Å². The Balaban J connectivity index is 0.00000144. The summed E-state index contributed by atoms with van der Waals surface area (Å²) in [5.74, 6) is 0.242. The topological polar surface area (TPSA) is 170 Å². The molecular formula is C76H126Cl4N2O11P2. The van der Waals surface area contributed by atoms with E-state index in [0.717, 1.165) is 37.0 Å². The second-order valence-corrected chi connectivity index (χ2v) is 30.4. The second kappa shape index (κ2) is 67.1. The van der Waals surface area contributed by atoms with E-state index in [9.17, 15) is 19.1 Å². The van der Waals surface area contributed by atoms with Gasteiger partial charge in [-0.2, -0.15) is 5.26 Å². The van der Waals surface area contributed by atoms with Crippen LogP contribution < -0.4 is 18.8 Å². The molecule has 4 rings (SSSR count). The number of nitriles is 1. The number of aliphatic hydroxyl groups is 1. The summed E-state index contributed by atoms with van der Waals surface area (Å²) >= 11 is 22.0. The fourth-order valence-electron chi connectivity index (χ4n) is 10.0. The molecule has 3 atom stereocenters. The molecule has 0 amide bonds. The predicted molar refractivity (Wildman–Crippen MR) is 399 cm³/mol. The largest absolute Gasteiger partial charge is 0.746 e. The van der Waals surface area contributed by atoms with Crippen LogP contribution in [-0.4, -0.2) is 76.6 Å². The highest BCUT2D eigenvalue weighted by molar-refractivity contribution is 8.05. The molecule has 0 heterocycles. The molecular weight excluding hydrogens is 1320 g/mol. The lowest BCUT2D eigenvalue weighted by Gasteiger charge is -2.26. The summed E-state index contributed by atoms with van der Waals surface area (Å²) in [7, 11) is -4.64. The molecule has 0 fully saturated rings. The Bertz CT molecular complexity index is 2420. The molecule has 0 spiro atoms. The molecule has 0 aliphatic carbocycles. The lowest BCUT2D eigenvalue weighted by Crippen LogP contribution is -3.11. The summed E-state index contributed by atoms with van der Waals surface area (Å²) in [6.45, 7) is 19.2. The number of quaternary nitrogens is 1. The number of benzene rings is 4. The first-order chi connectivity index (χ1) is 46.1. The van der Waals surface area contributed by atoms with E-state index in [0.29, 0.717) is 31.5 Å². The van der Waals surface area contributed by atoms with Crippen LogP contribution in [-0.2, 0) is 45.8 Å². The molecule has 13 nitrogen and oxygen atoms in total. The van der Waals surface area contributed by atoms with Crippen molar-refractivity contribution in [1.82, 2.24) is 0 Å². The van der Waals surface area contributed by atoms with Gasteiger partial charge in [0.05, 0.1) is 75.4 Å². The maximum absolute atomic E-state index is 12.4. The van der Waals surface area contributed by atoms with Crippen molar-refractivity contribution < 1.29 is 56.5 Å². The minimum Gasteiger partial charge on any atom is -0.746 e. The number of halogens is 4. The van der Waals surface area contributed by atoms with Gasteiger partial charge in [-0.25, -0.2) is 4.57 Å². The summed E-state index contributed by atoms with van der Waals surface area (Å²) in [6.07, 6.45) is 38.9. The number of ether oxygens (including phenoxy) is 4. The van der Waals surface area contributed by atoms with Crippen molar-refractivity contribution in [3.63, 3.8) is 0 Å². The van der Waals surface area contributed by atoms with Gasteiger partial charge in [-0.3, -0.25) is 4.57 Å². The van der Waals surface area contributed by atoms with Gasteiger partial charge in [0, 0.05) is 42.6 Å². The zero-order chi connectivity index (χ0) is 70.0. The Morgan fingerprint density at radius 3 is 1.05 bits per heavy atom. The molecule has 95 heavy (non-hydrogen) atoms. The normalized spacial score (nSPS) is 12.3. The van der Waals surface area contributed by atoms with Crippen LogP contribution in [0.2, 0.25) is 10.0 Å². The number of hydrogen-bond donors (Lipinski definition) is 2. The van der Waals surface area contributed by atoms with E-state index in [1.54, 1.807) is 47.4 Å². The Labute approximate surface area is 597 Å². The number of rotatable bonds is 55. The van der Waals surface area contributed by atoms with Gasteiger partial charge in [-0.15, -0.1) is 0 Å². The van der Waals surface area contributed by atoms with Crippen molar-refractivity contribution in [3.05, 3.63) is 130 Å². The first-order valence-electron chi connectivity index (χ1n) is 36.2. The van der Waals surface area contributed by atoms with Crippen molar-refractivity contribution in [2.45, 2.75) is 272 Å². The van der Waals surface area contributed by atoms with Crippen LogP contribution in [0.3, 0.4) is 0 Å². The van der Waals surface area contributed by atoms with Gasteiger partial charge < -0.3 is 47.4 Å². The number of nitrogens with zero attached hydrogens (tertiary/aromatic N) is 1. The Morgan fingerprint density at radius 1 is 0.453 bits per heavy atom. The highest BCUT2D eigenvalue weighted by atomic mass is 35.9. The maximum atomic E-state index is 12.4. The average Bonchev–Trinajstić information content (AvgIpc) is 1.11. The van der Waals surface area contributed by atoms with Crippen molar-refractivity contribution in [2.75, 3.05) is 59.3 Å². The summed E-state index contributed by atoms with van der Waals surface area (Å²) < 4.78 is 61.3. The van der Waals surface area contributed by atoms with E-state index in [-0.39, 0.29) is 42.4 Å². The fraction of sp³-hybridized carbons (Fsp3) is 0.671. The third-order valence-electron chi connectivity index (χ3n) is 15.8. The van der Waals surface area contributed by atoms with Crippen LogP contribution in [0.4, 0.5) is 0 Å². The minimum atomic E-state index is -4.64. The molecule has 4 aromatic rings. The second-order valence-electron chi connectivity index (χ2n) is 24.0. The number of phosphoric ester groups is 1. The molecule has 2 N–H and O–H groups in total. The lowest BCUT2D eigenvalue weighted by molar-refractivity contribution is -0.894. The van der Waals surface area contributed by atoms with Crippen LogP contribution in [0.1, 0.15) is 258 Å². The van der Waals surface area contributed by atoms with Gasteiger partial charge in [0.1, 0.15) is 23.7 Å². The summed E-state index contributed by atoms with van der Waals surface area (Å²) in [4.78, 5) is 14.1. The number of hydrogen-bond acceptors (Lipinski definition) is 12. The first kappa shape index (κ1) is 92.3. The molecule has 0 aliphatic heterocycles. The van der Waals surface area contributed by atoms with E-state index >= 15 is 0 Å². The molecule has 19 heteroatoms. The first-order valence-corrected chi connectivity index (χ1v) is 41.8. The maximum Gasteiger partial charge on any atom is 0.428 e. The van der Waals surface area contributed by atoms with Gasteiger partial charge in [0.2, 0.25) is 0 Å². The van der Waals surface area contributed by atoms with Crippen molar-refractivity contribution in [1.29, 1.82) is 5.26 Å². The predicted octanol–water partition coefficient (Wildman–Crippen LogP) is 22.7. The van der Waals surface area contributed by atoms with Crippen molar-refractivity contribution in [3.8, 4) is 17.6 Å². The molecule has 0 aliphatic rings. The van der Waals surface area contributed by atoms with Gasteiger partial charge in [-0.1, -0.05) is 315 Å². The third kappa shape index (κ3) is 60.9. The molecule has 0 aromatic heterocycles. The Hall–Kier alpha value is -2.73. The van der Waals surface area contributed by atoms with E-state index in [2.05, 4.69) is 39.1 Å². The molecule has 0 saturated carbocycles. The molecule has 0 radical (unpaired) electrons. The van der Waals surface area contributed by atoms with E-state index in [1.807, 2.05) is 60.7 Å². The Morgan fingerprint density at radius 2 is 0.747 bits per heavy atom. The fourth-order valence-corrected chi connectivity index (χ4v) is 12.1. The Kier molecular flexibility index (Phi) is 65.2. The lowest BCUT2D eigenvalue weighted by atomic mass is 10.0. The van der Waals surface area contributed by atoms with Crippen molar-refractivity contribution in [2.24, 2.45) is 0 Å². The van der Waals surface area contributed by atoms with Crippen LogP contribution in [0, 0.1) is 11.3 Å². The summed E-state index contributed by atoms with van der Waals surface area (Å²) in [5.41, 5.74) is 2.11.